The van der Waals surface area contributed by atoms with Crippen molar-refractivity contribution in [2.45, 2.75) is 13.3 Å². The summed E-state index contributed by atoms with van der Waals surface area (Å²) in [5, 5.41) is 12.9. The van der Waals surface area contributed by atoms with Crippen molar-refractivity contribution in [1.82, 2.24) is 0 Å². The summed E-state index contributed by atoms with van der Waals surface area (Å²) < 4.78 is 23.9. The molecule has 7 heteroatoms. The molecule has 0 spiro atoms. The SMILES string of the molecule is Cc1cc([N+](=O)[O-])c(Cl)cc1NCC(F)F. The third kappa shape index (κ3) is 3.03. The first-order valence-corrected chi connectivity index (χ1v) is 4.76. The Kier molecular flexibility index (Phi) is 4.00. The maximum Gasteiger partial charge on any atom is 0.288 e. The van der Waals surface area contributed by atoms with E-state index in [-0.39, 0.29) is 10.7 Å². The van der Waals surface area contributed by atoms with Crippen molar-refractivity contribution >= 4 is 23.0 Å². The van der Waals surface area contributed by atoms with Gasteiger partial charge in [0.2, 0.25) is 0 Å². The summed E-state index contributed by atoms with van der Waals surface area (Å²) >= 11 is 5.64. The van der Waals surface area contributed by atoms with Crippen LogP contribution in [0.4, 0.5) is 20.2 Å². The van der Waals surface area contributed by atoms with Crippen LogP contribution in [0.3, 0.4) is 0 Å². The van der Waals surface area contributed by atoms with E-state index >= 15 is 0 Å². The second-order valence-electron chi connectivity index (χ2n) is 3.15. The maximum absolute atomic E-state index is 12.0. The molecule has 0 saturated carbocycles. The van der Waals surface area contributed by atoms with Crippen molar-refractivity contribution < 1.29 is 13.7 Å². The summed E-state index contributed by atoms with van der Waals surface area (Å²) in [6.45, 7) is 1.06. The van der Waals surface area contributed by atoms with Gasteiger partial charge < -0.3 is 5.32 Å². The molecule has 0 aliphatic heterocycles. The molecule has 16 heavy (non-hydrogen) atoms. The number of hydrogen-bond donors (Lipinski definition) is 1. The fourth-order valence-electron chi connectivity index (χ4n) is 1.18. The summed E-state index contributed by atoms with van der Waals surface area (Å²) in [4.78, 5) is 9.91. The van der Waals surface area contributed by atoms with Crippen LogP contribution in [-0.2, 0) is 0 Å². The van der Waals surface area contributed by atoms with E-state index in [4.69, 9.17) is 11.6 Å². The highest BCUT2D eigenvalue weighted by molar-refractivity contribution is 6.33. The van der Waals surface area contributed by atoms with Crippen molar-refractivity contribution in [3.8, 4) is 0 Å². The number of anilines is 1. The molecule has 0 atom stereocenters. The van der Waals surface area contributed by atoms with Gasteiger partial charge in [0.15, 0.2) is 0 Å². The van der Waals surface area contributed by atoms with Crippen molar-refractivity contribution in [3.63, 3.8) is 0 Å². The van der Waals surface area contributed by atoms with Crippen LogP contribution in [0.2, 0.25) is 5.02 Å². The molecule has 1 N–H and O–H groups in total. The van der Waals surface area contributed by atoms with E-state index in [9.17, 15) is 18.9 Å². The highest BCUT2D eigenvalue weighted by atomic mass is 35.5. The highest BCUT2D eigenvalue weighted by Gasteiger charge is 2.15. The van der Waals surface area contributed by atoms with Gasteiger partial charge in [0.25, 0.3) is 12.1 Å². The lowest BCUT2D eigenvalue weighted by Crippen LogP contribution is -2.11. The average molecular weight is 251 g/mol. The van der Waals surface area contributed by atoms with Gasteiger partial charge in [-0.05, 0) is 18.6 Å². The van der Waals surface area contributed by atoms with E-state index in [2.05, 4.69) is 5.32 Å². The molecule has 0 aliphatic rings. The molecule has 1 aromatic carbocycles. The van der Waals surface area contributed by atoms with E-state index < -0.39 is 17.9 Å². The quantitative estimate of drug-likeness (QED) is 0.659. The highest BCUT2D eigenvalue weighted by Crippen LogP contribution is 2.30. The molecule has 0 heterocycles. The predicted octanol–water partition coefficient (Wildman–Crippen LogP) is 3.23. The molecule has 0 aromatic heterocycles. The van der Waals surface area contributed by atoms with Gasteiger partial charge in [0, 0.05) is 11.8 Å². The molecule has 0 saturated heterocycles. The number of hydrogen-bond acceptors (Lipinski definition) is 3. The Morgan fingerprint density at radius 2 is 2.19 bits per heavy atom. The fraction of sp³-hybridized carbons (Fsp3) is 0.333. The number of nitro benzene ring substituents is 1. The zero-order valence-electron chi connectivity index (χ0n) is 8.34. The molecule has 0 radical (unpaired) electrons. The van der Waals surface area contributed by atoms with Crippen LogP contribution in [0.1, 0.15) is 5.56 Å². The van der Waals surface area contributed by atoms with Crippen LogP contribution >= 0.6 is 11.6 Å². The molecule has 0 amide bonds. The number of alkyl halides is 2. The van der Waals surface area contributed by atoms with Crippen molar-refractivity contribution in [2.24, 2.45) is 0 Å². The van der Waals surface area contributed by atoms with Crippen LogP contribution in [0.5, 0.6) is 0 Å². The summed E-state index contributed by atoms with van der Waals surface area (Å²) in [6, 6.07) is 2.52. The fourth-order valence-corrected chi connectivity index (χ4v) is 1.42. The minimum Gasteiger partial charge on any atom is -0.379 e. The second-order valence-corrected chi connectivity index (χ2v) is 3.55. The van der Waals surface area contributed by atoms with Crippen molar-refractivity contribution in [1.29, 1.82) is 0 Å². The number of halogens is 3. The van der Waals surface area contributed by atoms with Crippen LogP contribution in [0.15, 0.2) is 12.1 Å². The Labute approximate surface area is 95.4 Å². The molecule has 88 valence electrons. The molecule has 0 bridgehead atoms. The van der Waals surface area contributed by atoms with E-state index in [0.29, 0.717) is 11.3 Å². The Morgan fingerprint density at radius 3 is 2.69 bits per heavy atom. The smallest absolute Gasteiger partial charge is 0.288 e. The lowest BCUT2D eigenvalue weighted by atomic mass is 10.2. The van der Waals surface area contributed by atoms with Crippen LogP contribution in [-0.4, -0.2) is 17.9 Å². The van der Waals surface area contributed by atoms with Gasteiger partial charge in [-0.1, -0.05) is 11.6 Å². The van der Waals surface area contributed by atoms with Crippen molar-refractivity contribution in [3.05, 3.63) is 32.8 Å². The largest absolute Gasteiger partial charge is 0.379 e. The molecular weight excluding hydrogens is 242 g/mol. The molecule has 4 nitrogen and oxygen atoms in total. The number of nitrogens with one attached hydrogen (secondary N) is 1. The summed E-state index contributed by atoms with van der Waals surface area (Å²) in [5.74, 6) is 0. The normalized spacial score (nSPS) is 10.6. The Hall–Kier alpha value is -1.43. The van der Waals surface area contributed by atoms with Gasteiger partial charge in [-0.3, -0.25) is 10.1 Å². The zero-order valence-corrected chi connectivity index (χ0v) is 9.09. The van der Waals surface area contributed by atoms with Crippen LogP contribution in [0.25, 0.3) is 0 Å². The minimum absolute atomic E-state index is 0.0765. The monoisotopic (exact) mass is 250 g/mol. The average Bonchev–Trinajstić information content (AvgIpc) is 2.18. The van der Waals surface area contributed by atoms with E-state index in [1.807, 2.05) is 0 Å². The van der Waals surface area contributed by atoms with Gasteiger partial charge in [0.1, 0.15) is 5.02 Å². The number of aryl methyl sites for hydroxylation is 1. The topological polar surface area (TPSA) is 55.2 Å². The summed E-state index contributed by atoms with van der Waals surface area (Å²) in [6.07, 6.45) is -2.49. The van der Waals surface area contributed by atoms with Gasteiger partial charge in [-0.15, -0.1) is 0 Å². The van der Waals surface area contributed by atoms with E-state index in [0.717, 1.165) is 0 Å². The molecule has 1 aromatic rings. The van der Waals surface area contributed by atoms with Gasteiger partial charge >= 0.3 is 0 Å². The molecule has 0 fully saturated rings. The molecule has 0 aliphatic carbocycles. The van der Waals surface area contributed by atoms with Gasteiger partial charge in [-0.25, -0.2) is 8.78 Å². The van der Waals surface area contributed by atoms with E-state index in [1.54, 1.807) is 6.92 Å². The maximum atomic E-state index is 12.0. The summed E-state index contributed by atoms with van der Waals surface area (Å²) in [7, 11) is 0. The predicted molar refractivity (Wildman–Crippen MR) is 57.3 cm³/mol. The third-order valence-corrected chi connectivity index (χ3v) is 2.24. The van der Waals surface area contributed by atoms with Gasteiger partial charge in [0.05, 0.1) is 11.5 Å². The zero-order chi connectivity index (χ0) is 12.3. The number of rotatable bonds is 4. The molecule has 1 rings (SSSR count). The minimum atomic E-state index is -2.49. The second kappa shape index (κ2) is 5.07. The first kappa shape index (κ1) is 12.6. The number of nitro groups is 1. The molecule has 0 unspecified atom stereocenters. The molecular formula is C9H9ClF2N2O2. The number of nitrogens with zero attached hydrogens (tertiary/aromatic N) is 1. The lowest BCUT2D eigenvalue weighted by molar-refractivity contribution is -0.384. The van der Waals surface area contributed by atoms with Gasteiger partial charge in [-0.2, -0.15) is 0 Å². The standard InChI is InChI=1S/C9H9ClF2N2O2/c1-5-2-8(14(15)16)6(10)3-7(5)13-4-9(11)12/h2-3,9,13H,4H2,1H3. The number of benzene rings is 1. The van der Waals surface area contributed by atoms with Crippen LogP contribution < -0.4 is 5.32 Å². The summed E-state index contributed by atoms with van der Waals surface area (Å²) in [5.41, 5.74) is 0.634. The Balaban J connectivity index is 2.96. The first-order chi connectivity index (χ1) is 7.41. The van der Waals surface area contributed by atoms with E-state index in [1.165, 1.54) is 12.1 Å². The van der Waals surface area contributed by atoms with Crippen molar-refractivity contribution in [2.75, 3.05) is 11.9 Å². The third-order valence-electron chi connectivity index (χ3n) is 1.94. The Bertz CT molecular complexity index is 413. The van der Waals surface area contributed by atoms with Crippen LogP contribution in [0, 0.1) is 17.0 Å². The first-order valence-electron chi connectivity index (χ1n) is 4.38. The Morgan fingerprint density at radius 1 is 1.56 bits per heavy atom. The lowest BCUT2D eigenvalue weighted by Gasteiger charge is -2.09.